The van der Waals surface area contributed by atoms with Gasteiger partial charge >= 0.3 is 62.7 Å². The number of carbonyl (C=O) groups is 2. The fourth-order valence-corrected chi connectivity index (χ4v) is 3.83. The largest absolute Gasteiger partial charge is 0.492 e. The van der Waals surface area contributed by atoms with Crippen molar-refractivity contribution < 1.29 is 52.2 Å². The maximum atomic E-state index is 11.8. The molecule has 14 nitrogen and oxygen atoms in total. The molecule has 0 spiro atoms. The third kappa shape index (κ3) is 15.1. The Balaban J connectivity index is 0.000000760. The van der Waals surface area contributed by atoms with E-state index in [1.807, 2.05) is 20.8 Å². The van der Waals surface area contributed by atoms with Crippen LogP contribution < -0.4 is 45.0 Å². The number of hydrogen-bond donors (Lipinski definition) is 6. The van der Waals surface area contributed by atoms with Crippen molar-refractivity contribution in [2.45, 2.75) is 64.8 Å². The molecule has 2 atom stereocenters. The predicted octanol–water partition coefficient (Wildman–Crippen LogP) is 3.47. The summed E-state index contributed by atoms with van der Waals surface area (Å²) in [6, 6.07) is 9.83. The molecule has 2 aliphatic rings. The molecular formula is C28H39ClI3N6O8-. The van der Waals surface area contributed by atoms with Gasteiger partial charge in [-0.3, -0.25) is 0 Å². The molecule has 0 radical (unpaired) electrons. The maximum absolute atomic E-state index is 11.8. The number of oxime groups is 1. The molecule has 2 heterocycles. The van der Waals surface area contributed by atoms with E-state index in [2.05, 4.69) is 63.8 Å². The first-order valence-corrected chi connectivity index (χ1v) is 25.7. The average molecular weight is 1000 g/mol. The molecule has 2 aliphatic heterocycles. The first-order valence-electron chi connectivity index (χ1n) is 13.1. The second-order valence-electron chi connectivity index (χ2n) is 11.1. The number of amidine groups is 1. The summed E-state index contributed by atoms with van der Waals surface area (Å²) in [4.78, 5) is 26.8. The number of nitrogens with two attached hydrogens (primary N) is 2. The van der Waals surface area contributed by atoms with Gasteiger partial charge in [-0.2, -0.15) is 0 Å². The average Bonchev–Trinajstić information content (AvgIpc) is 3.55. The molecule has 2 aromatic carbocycles. The Kier molecular flexibility index (Phi) is 19.8. The van der Waals surface area contributed by atoms with Gasteiger partial charge in [0.15, 0.2) is 11.5 Å². The number of hydrogen-bond acceptors (Lipinski definition) is 10. The summed E-state index contributed by atoms with van der Waals surface area (Å²) in [5.41, 5.74) is 7.22. The van der Waals surface area contributed by atoms with Crippen LogP contribution in [0.4, 0.5) is 15.3 Å². The minimum atomic E-state index is -0.553. The maximum Gasteiger partial charge on any atom is 0.408 e. The minimum Gasteiger partial charge on any atom is -0.492 e. The molecule has 0 saturated carbocycles. The Labute approximate surface area is 304 Å². The van der Waals surface area contributed by atoms with Gasteiger partial charge in [-0.15, -0.1) is 12.4 Å². The first-order chi connectivity index (χ1) is 21.1. The zero-order valence-corrected chi connectivity index (χ0v) is 33.3. The zero-order chi connectivity index (χ0) is 34.4. The summed E-state index contributed by atoms with van der Waals surface area (Å²) >= 11 is 5.30. The summed E-state index contributed by atoms with van der Waals surface area (Å²) in [6.07, 6.45) is -0.965. The number of fused-ring (bicyclic) bond motifs is 2. The SMILES string of the molecule is CC(C)(C)OC(=O)NC1COc2cc(C(N)=NO)ccc21.Cl.I[I-]I.NO.[C-]#[N+]c1ccc2c(c1)OCC2NC(=O)OC(C)(C)C. The number of amides is 2. The zero-order valence-electron chi connectivity index (χ0n) is 26.0. The topological polar surface area (TPSA) is 204 Å². The van der Waals surface area contributed by atoms with Crippen molar-refractivity contribution >= 4 is 73.3 Å². The molecule has 258 valence electrons. The number of ether oxygens (including phenoxy) is 4. The van der Waals surface area contributed by atoms with Crippen molar-refractivity contribution in [2.75, 3.05) is 13.2 Å². The minimum absolute atomic E-state index is 0. The number of carbonyl (C=O) groups excluding carboxylic acids is 2. The summed E-state index contributed by atoms with van der Waals surface area (Å²) in [6.45, 7) is 18.5. The van der Waals surface area contributed by atoms with Crippen LogP contribution in [0.2, 0.25) is 0 Å². The summed E-state index contributed by atoms with van der Waals surface area (Å²) in [5.74, 6) is 4.75. The van der Waals surface area contributed by atoms with E-state index < -0.39 is 23.4 Å². The molecule has 2 unspecified atom stereocenters. The van der Waals surface area contributed by atoms with Gasteiger partial charge < -0.3 is 45.7 Å². The van der Waals surface area contributed by atoms with Crippen molar-refractivity contribution in [3.8, 4) is 11.5 Å². The van der Waals surface area contributed by atoms with Crippen LogP contribution in [0.15, 0.2) is 41.6 Å². The van der Waals surface area contributed by atoms with Crippen molar-refractivity contribution in [2.24, 2.45) is 16.8 Å². The van der Waals surface area contributed by atoms with Crippen LogP contribution in [-0.4, -0.2) is 52.9 Å². The Bertz CT molecular complexity index is 1370. The fourth-order valence-electron chi connectivity index (χ4n) is 3.83. The van der Waals surface area contributed by atoms with Crippen LogP contribution in [0.5, 0.6) is 11.5 Å². The molecule has 8 N–H and O–H groups in total. The molecule has 2 aromatic rings. The molecule has 2 amide bonds. The number of alkyl carbamates (subject to hydrolysis) is 2. The van der Waals surface area contributed by atoms with Gasteiger partial charge in [-0.25, -0.2) is 20.3 Å². The van der Waals surface area contributed by atoms with Crippen molar-refractivity contribution in [1.29, 1.82) is 0 Å². The Morgan fingerprint density at radius 1 is 0.935 bits per heavy atom. The molecule has 4 rings (SSSR count). The quantitative estimate of drug-likeness (QED) is 0.0661. The van der Waals surface area contributed by atoms with Crippen LogP contribution in [0.25, 0.3) is 4.85 Å². The molecule has 18 heteroatoms. The fraction of sp³-hybridized carbons (Fsp3) is 0.429. The second-order valence-corrected chi connectivity index (χ2v) is 27.4. The molecule has 46 heavy (non-hydrogen) atoms. The Hall–Kier alpha value is -2.26. The third-order valence-corrected chi connectivity index (χ3v) is 5.49. The van der Waals surface area contributed by atoms with E-state index in [9.17, 15) is 9.59 Å². The normalized spacial score (nSPS) is 15.8. The van der Waals surface area contributed by atoms with E-state index in [-0.39, 0.29) is 30.3 Å². The van der Waals surface area contributed by atoms with Crippen molar-refractivity contribution in [3.05, 3.63) is 64.5 Å². The van der Waals surface area contributed by atoms with Gasteiger partial charge in [-0.1, -0.05) is 29.4 Å². The Morgan fingerprint density at radius 3 is 1.74 bits per heavy atom. The van der Waals surface area contributed by atoms with Gasteiger partial charge in [0.05, 0.1) is 18.7 Å². The van der Waals surface area contributed by atoms with Gasteiger partial charge in [0, 0.05) is 16.7 Å². The standard InChI is InChI=1S/C14H19N3O4.C14H16N2O3.ClH.I3.H3NO/c1-14(2,3)21-13(18)16-10-7-20-11-6-8(12(15)17-19)4-5-9(10)11;1-14(2,3)19-13(17)16-11-8-18-12-7-9(15-4)5-6-10(11)12;;1-3-2;1-2/h4-6,10,19H,7H2,1-3H3,(H2,15,17)(H,16,18);5-7,11H,8H2,1-3H3,(H,16,17);1H;;2H,1H2/q;;;-1;. The van der Waals surface area contributed by atoms with Gasteiger partial charge in [-0.05, 0) is 53.7 Å². The van der Waals surface area contributed by atoms with Crippen LogP contribution in [0.1, 0.15) is 70.3 Å². The second kappa shape index (κ2) is 20.9. The molecule has 0 bridgehead atoms. The molecule has 0 aliphatic carbocycles. The van der Waals surface area contributed by atoms with Gasteiger partial charge in [0.25, 0.3) is 0 Å². The first kappa shape index (κ1) is 43.7. The van der Waals surface area contributed by atoms with Gasteiger partial charge in [0.1, 0.15) is 35.9 Å². The van der Waals surface area contributed by atoms with Crippen LogP contribution in [-0.2, 0) is 9.47 Å². The number of benzene rings is 2. The smallest absolute Gasteiger partial charge is 0.408 e. The number of nitrogens with one attached hydrogen (secondary N) is 2. The monoisotopic (exact) mass is 1000 g/mol. The van der Waals surface area contributed by atoms with E-state index >= 15 is 0 Å². The predicted molar refractivity (Wildman–Crippen MR) is 188 cm³/mol. The number of halogens is 4. The summed E-state index contributed by atoms with van der Waals surface area (Å²) in [7, 11) is 0. The van der Waals surface area contributed by atoms with E-state index in [1.54, 1.807) is 57.2 Å². The summed E-state index contributed by atoms with van der Waals surface area (Å²) < 4.78 is 21.4. The van der Waals surface area contributed by atoms with Crippen LogP contribution >= 0.6 is 49.6 Å². The molecule has 0 saturated heterocycles. The van der Waals surface area contributed by atoms with E-state index in [0.29, 0.717) is 49.2 Å². The third-order valence-electron chi connectivity index (χ3n) is 5.49. The molecule has 0 aromatic heterocycles. The summed E-state index contributed by atoms with van der Waals surface area (Å²) in [5, 5.41) is 23.6. The molecule has 0 fully saturated rings. The van der Waals surface area contributed by atoms with Crippen LogP contribution in [0.3, 0.4) is 0 Å². The van der Waals surface area contributed by atoms with E-state index in [0.717, 1.165) is 11.1 Å². The van der Waals surface area contributed by atoms with E-state index in [4.69, 9.17) is 41.7 Å². The Morgan fingerprint density at radius 2 is 1.35 bits per heavy atom. The van der Waals surface area contributed by atoms with Crippen molar-refractivity contribution in [3.63, 3.8) is 0 Å². The van der Waals surface area contributed by atoms with Gasteiger partial charge in [0.2, 0.25) is 0 Å². The number of rotatable bonds is 3. The van der Waals surface area contributed by atoms with Crippen molar-refractivity contribution in [1.82, 2.24) is 10.6 Å². The molecular weight excluding hydrogens is 965 g/mol. The number of nitrogens with zero attached hydrogens (tertiary/aromatic N) is 2. The van der Waals surface area contributed by atoms with E-state index in [1.165, 1.54) is 0 Å². The van der Waals surface area contributed by atoms with Crippen LogP contribution in [0, 0.1) is 6.57 Å².